The molecule has 0 saturated carbocycles. The number of rotatable bonds is 6. The highest BCUT2D eigenvalue weighted by atomic mass is 16.4. The van der Waals surface area contributed by atoms with Crippen LogP contribution in [-0.2, 0) is 0 Å². The predicted octanol–water partition coefficient (Wildman–Crippen LogP) is 2.57. The summed E-state index contributed by atoms with van der Waals surface area (Å²) >= 11 is 0. The van der Waals surface area contributed by atoms with Crippen molar-refractivity contribution in [2.45, 2.75) is 6.92 Å². The lowest BCUT2D eigenvalue weighted by Gasteiger charge is -2.13. The Balaban J connectivity index is 1.71. The first kappa shape index (κ1) is 18.6. The number of aromatic carboxylic acids is 1. The number of carbonyl (C=O) groups is 2. The molecule has 1 aromatic heterocycles. The Morgan fingerprint density at radius 1 is 1.00 bits per heavy atom. The van der Waals surface area contributed by atoms with Crippen molar-refractivity contribution in [1.82, 2.24) is 15.4 Å². The molecule has 9 heteroatoms. The number of aromatic nitrogens is 2. The molecule has 0 radical (unpaired) electrons. The van der Waals surface area contributed by atoms with Gasteiger partial charge in [0.25, 0.3) is 5.91 Å². The minimum Gasteiger partial charge on any atom is -0.478 e. The quantitative estimate of drug-likeness (QED) is 0.412. The molecule has 3 aromatic rings. The van der Waals surface area contributed by atoms with Crippen LogP contribution in [0.25, 0.3) is 0 Å². The average molecular weight is 378 g/mol. The van der Waals surface area contributed by atoms with Gasteiger partial charge in [-0.25, -0.2) is 14.8 Å². The molecular weight excluding hydrogens is 360 g/mol. The Hall–Kier alpha value is -4.14. The van der Waals surface area contributed by atoms with E-state index in [1.165, 1.54) is 18.5 Å². The minimum atomic E-state index is -1.01. The topological polar surface area (TPSA) is 142 Å². The van der Waals surface area contributed by atoms with Crippen LogP contribution in [0.2, 0.25) is 0 Å². The number of nitrogen functional groups attached to an aromatic ring is 1. The molecular formula is C19H18N6O3. The molecule has 0 bridgehead atoms. The lowest BCUT2D eigenvalue weighted by atomic mass is 10.1. The normalized spacial score (nSPS) is 10.2. The second-order valence-corrected chi connectivity index (χ2v) is 5.89. The Kier molecular flexibility index (Phi) is 5.35. The van der Waals surface area contributed by atoms with Crippen LogP contribution in [0.15, 0.2) is 54.9 Å². The van der Waals surface area contributed by atoms with Crippen LogP contribution in [0.4, 0.5) is 23.0 Å². The molecule has 0 saturated heterocycles. The van der Waals surface area contributed by atoms with E-state index in [-0.39, 0.29) is 23.0 Å². The number of nitrogens with zero attached hydrogens (tertiary/aromatic N) is 2. The van der Waals surface area contributed by atoms with E-state index in [0.717, 1.165) is 5.56 Å². The predicted molar refractivity (Wildman–Crippen MR) is 105 cm³/mol. The number of amides is 1. The van der Waals surface area contributed by atoms with Crippen molar-refractivity contribution in [1.29, 1.82) is 0 Å². The van der Waals surface area contributed by atoms with Crippen molar-refractivity contribution >= 4 is 34.9 Å². The zero-order valence-corrected chi connectivity index (χ0v) is 14.9. The highest BCUT2D eigenvalue weighted by Crippen LogP contribution is 2.25. The van der Waals surface area contributed by atoms with Gasteiger partial charge in [0.1, 0.15) is 12.0 Å². The van der Waals surface area contributed by atoms with Gasteiger partial charge in [0.15, 0.2) is 11.6 Å². The fraction of sp³-hybridized carbons (Fsp3) is 0.0526. The van der Waals surface area contributed by atoms with E-state index in [2.05, 4.69) is 26.1 Å². The van der Waals surface area contributed by atoms with Crippen LogP contribution in [0.1, 0.15) is 26.3 Å². The minimum absolute atomic E-state index is 0.169. The average Bonchev–Trinajstić information content (AvgIpc) is 2.69. The van der Waals surface area contributed by atoms with Gasteiger partial charge in [0.05, 0.1) is 5.56 Å². The zero-order chi connectivity index (χ0) is 20.1. The molecule has 1 amide bonds. The summed E-state index contributed by atoms with van der Waals surface area (Å²) in [7, 11) is 0. The third kappa shape index (κ3) is 4.15. The fourth-order valence-corrected chi connectivity index (χ4v) is 2.44. The number of hydrazine groups is 1. The summed E-state index contributed by atoms with van der Waals surface area (Å²) in [6, 6.07) is 13.3. The van der Waals surface area contributed by atoms with Crippen LogP contribution < -0.4 is 21.9 Å². The molecule has 0 aliphatic heterocycles. The second-order valence-electron chi connectivity index (χ2n) is 5.89. The summed E-state index contributed by atoms with van der Waals surface area (Å²) in [6.45, 7) is 1.84. The van der Waals surface area contributed by atoms with Gasteiger partial charge in [-0.15, -0.1) is 0 Å². The third-order valence-electron chi connectivity index (χ3n) is 3.96. The number of hydrogen-bond donors (Lipinski definition) is 5. The molecule has 0 spiro atoms. The molecule has 1 heterocycles. The number of nitrogens with two attached hydrogens (primary N) is 1. The maximum Gasteiger partial charge on any atom is 0.335 e. The molecule has 3 rings (SSSR count). The molecule has 9 nitrogen and oxygen atoms in total. The molecule has 0 aliphatic rings. The highest BCUT2D eigenvalue weighted by molar-refractivity contribution is 5.96. The SMILES string of the molecule is Cc1ccccc1C(=O)NNc1ncnc(Nc2ccc(C(=O)O)cc2)c1N. The summed E-state index contributed by atoms with van der Waals surface area (Å²) in [4.78, 5) is 31.3. The Morgan fingerprint density at radius 3 is 2.36 bits per heavy atom. The van der Waals surface area contributed by atoms with Crippen LogP contribution in [0, 0.1) is 6.92 Å². The van der Waals surface area contributed by atoms with Gasteiger partial charge in [-0.05, 0) is 42.8 Å². The Labute approximate surface area is 160 Å². The smallest absolute Gasteiger partial charge is 0.335 e. The van der Waals surface area contributed by atoms with Crippen molar-refractivity contribution in [3.05, 3.63) is 71.5 Å². The van der Waals surface area contributed by atoms with Crippen LogP contribution in [0.3, 0.4) is 0 Å². The number of aryl methyl sites for hydroxylation is 1. The van der Waals surface area contributed by atoms with E-state index >= 15 is 0 Å². The molecule has 0 unspecified atom stereocenters. The van der Waals surface area contributed by atoms with E-state index in [1.807, 2.05) is 19.1 Å². The fourth-order valence-electron chi connectivity index (χ4n) is 2.44. The van der Waals surface area contributed by atoms with E-state index < -0.39 is 5.97 Å². The standard InChI is InChI=1S/C19H18N6O3/c1-11-4-2-3-5-14(11)18(26)25-24-17-15(20)16(21-10-22-17)23-13-8-6-12(7-9-13)19(27)28/h2-10H,20H2,1H3,(H,25,26)(H,27,28)(H2,21,22,23,24). The number of hydrogen-bond acceptors (Lipinski definition) is 7. The van der Waals surface area contributed by atoms with Crippen LogP contribution in [0.5, 0.6) is 0 Å². The van der Waals surface area contributed by atoms with Crippen molar-refractivity contribution in [2.75, 3.05) is 16.5 Å². The first-order valence-corrected chi connectivity index (χ1v) is 8.28. The summed E-state index contributed by atoms with van der Waals surface area (Å²) in [5.41, 5.74) is 13.6. The summed E-state index contributed by atoms with van der Waals surface area (Å²) in [5.74, 6) is -0.800. The van der Waals surface area contributed by atoms with Crippen molar-refractivity contribution < 1.29 is 14.7 Å². The lowest BCUT2D eigenvalue weighted by Crippen LogP contribution is -2.30. The number of carboxylic acid groups (broad SMARTS) is 1. The van der Waals surface area contributed by atoms with Gasteiger partial charge in [-0.2, -0.15) is 0 Å². The van der Waals surface area contributed by atoms with E-state index in [9.17, 15) is 9.59 Å². The first-order chi connectivity index (χ1) is 13.5. The molecule has 28 heavy (non-hydrogen) atoms. The Bertz CT molecular complexity index is 1020. The summed E-state index contributed by atoms with van der Waals surface area (Å²) < 4.78 is 0. The van der Waals surface area contributed by atoms with Gasteiger partial charge in [-0.3, -0.25) is 15.6 Å². The number of benzene rings is 2. The summed E-state index contributed by atoms with van der Waals surface area (Å²) in [6.07, 6.45) is 1.28. The molecule has 0 fully saturated rings. The second kappa shape index (κ2) is 8.04. The lowest BCUT2D eigenvalue weighted by molar-refractivity contribution is 0.0696. The molecule has 0 atom stereocenters. The zero-order valence-electron chi connectivity index (χ0n) is 14.9. The van der Waals surface area contributed by atoms with Gasteiger partial charge < -0.3 is 16.2 Å². The number of nitrogens with one attached hydrogen (secondary N) is 3. The van der Waals surface area contributed by atoms with Crippen LogP contribution in [-0.4, -0.2) is 27.0 Å². The number of carboxylic acids is 1. The van der Waals surface area contributed by atoms with Gasteiger partial charge >= 0.3 is 5.97 Å². The number of carbonyl (C=O) groups excluding carboxylic acids is 1. The van der Waals surface area contributed by atoms with E-state index in [1.54, 1.807) is 24.3 Å². The van der Waals surface area contributed by atoms with Crippen LogP contribution >= 0.6 is 0 Å². The van der Waals surface area contributed by atoms with Gasteiger partial charge in [-0.1, -0.05) is 18.2 Å². The Morgan fingerprint density at radius 2 is 1.68 bits per heavy atom. The van der Waals surface area contributed by atoms with E-state index in [4.69, 9.17) is 10.8 Å². The van der Waals surface area contributed by atoms with Gasteiger partial charge in [0, 0.05) is 11.3 Å². The summed E-state index contributed by atoms with van der Waals surface area (Å²) in [5, 5.41) is 11.9. The van der Waals surface area contributed by atoms with Gasteiger partial charge in [0.2, 0.25) is 0 Å². The molecule has 0 aliphatic carbocycles. The maximum absolute atomic E-state index is 12.3. The van der Waals surface area contributed by atoms with Crippen molar-refractivity contribution in [3.63, 3.8) is 0 Å². The number of anilines is 4. The van der Waals surface area contributed by atoms with E-state index in [0.29, 0.717) is 17.1 Å². The monoisotopic (exact) mass is 378 g/mol. The third-order valence-corrected chi connectivity index (χ3v) is 3.96. The maximum atomic E-state index is 12.3. The van der Waals surface area contributed by atoms with Crippen molar-refractivity contribution in [3.8, 4) is 0 Å². The first-order valence-electron chi connectivity index (χ1n) is 8.28. The highest BCUT2D eigenvalue weighted by Gasteiger charge is 2.12. The molecule has 6 N–H and O–H groups in total. The molecule has 142 valence electrons. The molecule has 2 aromatic carbocycles. The largest absolute Gasteiger partial charge is 0.478 e. The van der Waals surface area contributed by atoms with Crippen molar-refractivity contribution in [2.24, 2.45) is 0 Å².